The number of nitrogens with zero attached hydrogens (tertiary/aromatic N) is 3. The van der Waals surface area contributed by atoms with Crippen LogP contribution in [-0.4, -0.2) is 44.8 Å². The van der Waals surface area contributed by atoms with Crippen LogP contribution in [0.3, 0.4) is 0 Å². The molecule has 0 aliphatic heterocycles. The molecule has 0 saturated heterocycles. The Labute approximate surface area is 106 Å². The number of amides is 1. The van der Waals surface area contributed by atoms with Crippen molar-refractivity contribution in [3.63, 3.8) is 0 Å². The molecule has 0 bridgehead atoms. The van der Waals surface area contributed by atoms with Gasteiger partial charge in [0.1, 0.15) is 6.54 Å². The zero-order chi connectivity index (χ0) is 13.5. The molecule has 1 rings (SSSR count). The number of carbonyl (C=O) groups excluding carboxylic acids is 1. The van der Waals surface area contributed by atoms with Crippen molar-refractivity contribution in [3.8, 4) is 0 Å². The third kappa shape index (κ3) is 3.87. The minimum atomic E-state index is -0.976. The Morgan fingerprint density at radius 1 is 1.33 bits per heavy atom. The first-order chi connectivity index (χ1) is 8.58. The van der Waals surface area contributed by atoms with Crippen LogP contribution in [0, 0.1) is 0 Å². The van der Waals surface area contributed by atoms with Gasteiger partial charge in [-0.3, -0.25) is 14.3 Å². The molecule has 0 atom stereocenters. The van der Waals surface area contributed by atoms with Crippen molar-refractivity contribution in [2.75, 3.05) is 13.1 Å². The summed E-state index contributed by atoms with van der Waals surface area (Å²) in [5.74, 6) is -1.06. The zero-order valence-electron chi connectivity index (χ0n) is 10.8. The minimum Gasteiger partial charge on any atom is -0.480 e. The monoisotopic (exact) mass is 253 g/mol. The summed E-state index contributed by atoms with van der Waals surface area (Å²) in [6.07, 6.45) is 4.70. The number of carbonyl (C=O) groups is 2. The average molecular weight is 253 g/mol. The van der Waals surface area contributed by atoms with Crippen LogP contribution in [0.15, 0.2) is 12.4 Å². The Morgan fingerprint density at radius 3 is 2.44 bits per heavy atom. The molecule has 0 radical (unpaired) electrons. The first kappa shape index (κ1) is 14.2. The van der Waals surface area contributed by atoms with Gasteiger partial charge < -0.3 is 10.0 Å². The Morgan fingerprint density at radius 2 is 1.94 bits per heavy atom. The van der Waals surface area contributed by atoms with E-state index in [9.17, 15) is 9.59 Å². The SMILES string of the molecule is CCCN(CCC)C(=O)c1cnn(CC(=O)O)c1. The fourth-order valence-electron chi connectivity index (χ4n) is 1.74. The van der Waals surface area contributed by atoms with Gasteiger partial charge in [-0.25, -0.2) is 0 Å². The minimum absolute atomic E-state index is 0.0876. The van der Waals surface area contributed by atoms with E-state index in [2.05, 4.69) is 5.10 Å². The highest BCUT2D eigenvalue weighted by molar-refractivity contribution is 5.93. The van der Waals surface area contributed by atoms with Gasteiger partial charge in [0.05, 0.1) is 11.8 Å². The van der Waals surface area contributed by atoms with E-state index in [-0.39, 0.29) is 12.5 Å². The molecule has 18 heavy (non-hydrogen) atoms. The van der Waals surface area contributed by atoms with E-state index in [1.54, 1.807) is 4.90 Å². The summed E-state index contributed by atoms with van der Waals surface area (Å²) in [5.41, 5.74) is 0.443. The lowest BCUT2D eigenvalue weighted by atomic mass is 10.2. The number of aromatic nitrogens is 2. The molecule has 0 saturated carbocycles. The summed E-state index contributed by atoms with van der Waals surface area (Å²) in [6.45, 7) is 5.22. The second kappa shape index (κ2) is 6.78. The third-order valence-electron chi connectivity index (χ3n) is 2.45. The lowest BCUT2D eigenvalue weighted by Gasteiger charge is -2.20. The predicted octanol–water partition coefficient (Wildman–Crippen LogP) is 1.23. The number of hydrogen-bond donors (Lipinski definition) is 1. The van der Waals surface area contributed by atoms with Gasteiger partial charge in [-0.2, -0.15) is 5.10 Å². The number of aliphatic carboxylic acids is 1. The van der Waals surface area contributed by atoms with Gasteiger partial charge in [-0.15, -0.1) is 0 Å². The number of hydrogen-bond acceptors (Lipinski definition) is 3. The third-order valence-corrected chi connectivity index (χ3v) is 2.45. The van der Waals surface area contributed by atoms with Gasteiger partial charge in [0.2, 0.25) is 0 Å². The van der Waals surface area contributed by atoms with Crippen molar-refractivity contribution in [3.05, 3.63) is 18.0 Å². The zero-order valence-corrected chi connectivity index (χ0v) is 10.8. The fraction of sp³-hybridized carbons (Fsp3) is 0.583. The molecule has 1 amide bonds. The molecular weight excluding hydrogens is 234 g/mol. The van der Waals surface area contributed by atoms with Gasteiger partial charge in [0.15, 0.2) is 0 Å². The van der Waals surface area contributed by atoms with E-state index in [0.717, 1.165) is 12.8 Å². The molecule has 100 valence electrons. The van der Waals surface area contributed by atoms with E-state index in [1.807, 2.05) is 13.8 Å². The highest BCUT2D eigenvalue weighted by Gasteiger charge is 2.16. The van der Waals surface area contributed by atoms with Crippen molar-refractivity contribution in [2.24, 2.45) is 0 Å². The second-order valence-electron chi connectivity index (χ2n) is 4.11. The molecule has 0 unspecified atom stereocenters. The normalized spacial score (nSPS) is 10.3. The van der Waals surface area contributed by atoms with E-state index in [0.29, 0.717) is 18.7 Å². The highest BCUT2D eigenvalue weighted by atomic mass is 16.4. The van der Waals surface area contributed by atoms with Crippen LogP contribution >= 0.6 is 0 Å². The van der Waals surface area contributed by atoms with E-state index < -0.39 is 5.97 Å². The van der Waals surface area contributed by atoms with Gasteiger partial charge in [0, 0.05) is 19.3 Å². The fourth-order valence-corrected chi connectivity index (χ4v) is 1.74. The maximum absolute atomic E-state index is 12.1. The molecule has 1 N–H and O–H groups in total. The molecule has 0 aliphatic rings. The summed E-state index contributed by atoms with van der Waals surface area (Å²) in [6, 6.07) is 0. The lowest BCUT2D eigenvalue weighted by molar-refractivity contribution is -0.137. The lowest BCUT2D eigenvalue weighted by Crippen LogP contribution is -2.32. The molecule has 0 aromatic carbocycles. The van der Waals surface area contributed by atoms with Crippen LogP contribution in [-0.2, 0) is 11.3 Å². The summed E-state index contributed by atoms with van der Waals surface area (Å²) in [4.78, 5) is 24.4. The Balaban J connectivity index is 2.74. The van der Waals surface area contributed by atoms with Crippen LogP contribution in [0.1, 0.15) is 37.0 Å². The molecule has 0 aliphatic carbocycles. The van der Waals surface area contributed by atoms with Crippen LogP contribution in [0.5, 0.6) is 0 Å². The van der Waals surface area contributed by atoms with Gasteiger partial charge >= 0.3 is 5.97 Å². The average Bonchev–Trinajstić information content (AvgIpc) is 2.75. The first-order valence-corrected chi connectivity index (χ1v) is 6.12. The number of rotatable bonds is 7. The highest BCUT2D eigenvalue weighted by Crippen LogP contribution is 2.06. The number of carboxylic acids is 1. The van der Waals surface area contributed by atoms with Crippen molar-refractivity contribution in [2.45, 2.75) is 33.2 Å². The molecule has 1 heterocycles. The van der Waals surface area contributed by atoms with Crippen LogP contribution in [0.25, 0.3) is 0 Å². The Bertz CT molecular complexity index is 408. The Kier molecular flexibility index (Phi) is 5.35. The summed E-state index contributed by atoms with van der Waals surface area (Å²) in [5, 5.41) is 12.5. The van der Waals surface area contributed by atoms with E-state index in [4.69, 9.17) is 5.11 Å². The second-order valence-corrected chi connectivity index (χ2v) is 4.11. The van der Waals surface area contributed by atoms with Crippen molar-refractivity contribution >= 4 is 11.9 Å². The van der Waals surface area contributed by atoms with Gasteiger partial charge in [-0.1, -0.05) is 13.8 Å². The van der Waals surface area contributed by atoms with Crippen LogP contribution in [0.2, 0.25) is 0 Å². The van der Waals surface area contributed by atoms with Crippen molar-refractivity contribution in [1.82, 2.24) is 14.7 Å². The molecule has 1 aromatic heterocycles. The van der Waals surface area contributed by atoms with E-state index in [1.165, 1.54) is 17.1 Å². The van der Waals surface area contributed by atoms with Crippen molar-refractivity contribution < 1.29 is 14.7 Å². The number of carboxylic acid groups (broad SMARTS) is 1. The molecular formula is C12H19N3O3. The topological polar surface area (TPSA) is 75.4 Å². The summed E-state index contributed by atoms with van der Waals surface area (Å²) >= 11 is 0. The largest absolute Gasteiger partial charge is 0.480 e. The molecule has 1 aromatic rings. The maximum atomic E-state index is 12.1. The summed E-state index contributed by atoms with van der Waals surface area (Å²) in [7, 11) is 0. The molecule has 0 spiro atoms. The quantitative estimate of drug-likeness (QED) is 0.793. The first-order valence-electron chi connectivity index (χ1n) is 6.12. The van der Waals surface area contributed by atoms with Gasteiger partial charge in [-0.05, 0) is 12.8 Å². The smallest absolute Gasteiger partial charge is 0.325 e. The predicted molar refractivity (Wildman–Crippen MR) is 66.3 cm³/mol. The standard InChI is InChI=1S/C12H19N3O3/c1-3-5-14(6-4-2)12(18)10-7-13-15(8-10)9-11(16)17/h7-8H,3-6,9H2,1-2H3,(H,16,17). The van der Waals surface area contributed by atoms with E-state index >= 15 is 0 Å². The molecule has 6 nitrogen and oxygen atoms in total. The summed E-state index contributed by atoms with van der Waals surface area (Å²) < 4.78 is 1.26. The maximum Gasteiger partial charge on any atom is 0.325 e. The van der Waals surface area contributed by atoms with Crippen LogP contribution < -0.4 is 0 Å². The molecule has 6 heteroatoms. The Hall–Kier alpha value is -1.85. The molecule has 0 fully saturated rings. The van der Waals surface area contributed by atoms with Crippen molar-refractivity contribution in [1.29, 1.82) is 0 Å². The van der Waals surface area contributed by atoms with Crippen LogP contribution in [0.4, 0.5) is 0 Å². The van der Waals surface area contributed by atoms with Gasteiger partial charge in [0.25, 0.3) is 5.91 Å².